The van der Waals surface area contributed by atoms with Crippen LogP contribution in [-0.4, -0.2) is 21.7 Å². The van der Waals surface area contributed by atoms with Crippen molar-refractivity contribution >= 4 is 11.9 Å². The second kappa shape index (κ2) is 5.60. The molecule has 2 aromatic rings. The van der Waals surface area contributed by atoms with Crippen molar-refractivity contribution in [2.24, 2.45) is 0 Å². The van der Waals surface area contributed by atoms with Crippen LogP contribution in [0.2, 0.25) is 0 Å². The van der Waals surface area contributed by atoms with E-state index in [-0.39, 0.29) is 11.2 Å². The first-order valence-electron chi connectivity index (χ1n) is 7.05. The minimum absolute atomic E-state index is 0.230. The molecule has 1 aliphatic rings. The summed E-state index contributed by atoms with van der Waals surface area (Å²) in [7, 11) is 0. The average molecular weight is 284 g/mol. The summed E-state index contributed by atoms with van der Waals surface area (Å²) in [5.41, 5.74) is 1.05. The van der Waals surface area contributed by atoms with Crippen LogP contribution in [0.15, 0.2) is 37.0 Å². The van der Waals surface area contributed by atoms with Crippen molar-refractivity contribution in [2.75, 3.05) is 11.9 Å². The van der Waals surface area contributed by atoms with E-state index in [4.69, 9.17) is 0 Å². The van der Waals surface area contributed by atoms with Crippen LogP contribution in [0.5, 0.6) is 0 Å². The molecule has 0 saturated heterocycles. The zero-order chi connectivity index (χ0) is 14.7. The Morgan fingerprint density at radius 3 is 2.71 bits per heavy atom. The third-order valence-electron chi connectivity index (χ3n) is 4.07. The van der Waals surface area contributed by atoms with Gasteiger partial charge in [-0.3, -0.25) is 4.98 Å². The summed E-state index contributed by atoms with van der Waals surface area (Å²) >= 11 is 0. The van der Waals surface area contributed by atoms with E-state index in [0.717, 1.165) is 25.0 Å². The Kier molecular flexibility index (Phi) is 3.64. The van der Waals surface area contributed by atoms with E-state index < -0.39 is 0 Å². The summed E-state index contributed by atoms with van der Waals surface area (Å²) in [5, 5.41) is 11.3. The minimum atomic E-state index is -0.232. The predicted molar refractivity (Wildman–Crippen MR) is 80.3 cm³/mol. The Labute approximate surface area is 123 Å². The van der Waals surface area contributed by atoms with Crippen molar-refractivity contribution in [3.63, 3.8) is 0 Å². The van der Waals surface area contributed by atoms with Crippen molar-refractivity contribution < 1.29 is 4.39 Å². The van der Waals surface area contributed by atoms with Gasteiger partial charge in [-0.1, -0.05) is 13.0 Å². The summed E-state index contributed by atoms with van der Waals surface area (Å²) in [6.45, 7) is 4.26. The Hall–Kier alpha value is -2.30. The Morgan fingerprint density at radius 2 is 2.14 bits per heavy atom. The lowest BCUT2D eigenvalue weighted by Gasteiger charge is -2.41. The molecule has 0 amide bonds. The number of nitrogens with one attached hydrogen (secondary N) is 1. The molecule has 3 rings (SSSR count). The maximum absolute atomic E-state index is 14.0. The number of aromatic nitrogens is 3. The van der Waals surface area contributed by atoms with E-state index in [1.807, 2.05) is 12.1 Å². The SMILES string of the molecule is C=Cc1ccc(NCC2(c3ncccc3F)CCC2)nn1. The quantitative estimate of drug-likeness (QED) is 0.916. The zero-order valence-electron chi connectivity index (χ0n) is 11.7. The second-order valence-corrected chi connectivity index (χ2v) is 5.37. The van der Waals surface area contributed by atoms with Gasteiger partial charge in [0.05, 0.1) is 11.4 Å². The summed E-state index contributed by atoms with van der Waals surface area (Å²) in [4.78, 5) is 4.25. The largest absolute Gasteiger partial charge is 0.368 e. The van der Waals surface area contributed by atoms with Crippen LogP contribution in [-0.2, 0) is 5.41 Å². The van der Waals surface area contributed by atoms with Crippen molar-refractivity contribution in [1.29, 1.82) is 0 Å². The van der Waals surface area contributed by atoms with Gasteiger partial charge in [-0.2, -0.15) is 0 Å². The van der Waals surface area contributed by atoms with Gasteiger partial charge in [-0.25, -0.2) is 4.39 Å². The Morgan fingerprint density at radius 1 is 1.29 bits per heavy atom. The molecule has 0 bridgehead atoms. The molecule has 2 heterocycles. The van der Waals surface area contributed by atoms with Gasteiger partial charge in [0.1, 0.15) is 11.6 Å². The van der Waals surface area contributed by atoms with Crippen molar-refractivity contribution in [3.05, 3.63) is 54.2 Å². The number of hydrogen-bond acceptors (Lipinski definition) is 4. The lowest BCUT2D eigenvalue weighted by Crippen LogP contribution is -2.42. The molecule has 21 heavy (non-hydrogen) atoms. The van der Waals surface area contributed by atoms with E-state index in [1.54, 1.807) is 18.3 Å². The highest BCUT2D eigenvalue weighted by molar-refractivity contribution is 5.44. The summed E-state index contributed by atoms with van der Waals surface area (Å²) in [5.74, 6) is 0.454. The van der Waals surface area contributed by atoms with Gasteiger partial charge in [0.2, 0.25) is 0 Å². The Bertz CT molecular complexity index is 635. The molecule has 108 valence electrons. The van der Waals surface area contributed by atoms with E-state index in [0.29, 0.717) is 18.1 Å². The molecular formula is C16H17FN4. The van der Waals surface area contributed by atoms with Gasteiger partial charge in [0.25, 0.3) is 0 Å². The number of rotatable bonds is 5. The first-order chi connectivity index (χ1) is 10.2. The van der Waals surface area contributed by atoms with Gasteiger partial charge in [0.15, 0.2) is 0 Å². The number of anilines is 1. The fourth-order valence-electron chi connectivity index (χ4n) is 2.68. The van der Waals surface area contributed by atoms with Gasteiger partial charge in [-0.15, -0.1) is 10.2 Å². The number of nitrogens with zero attached hydrogens (tertiary/aromatic N) is 3. The molecule has 0 aliphatic heterocycles. The highest BCUT2D eigenvalue weighted by Gasteiger charge is 2.41. The van der Waals surface area contributed by atoms with E-state index in [2.05, 4.69) is 27.1 Å². The first kappa shape index (κ1) is 13.7. The normalized spacial score (nSPS) is 16.0. The molecule has 1 saturated carbocycles. The van der Waals surface area contributed by atoms with Gasteiger partial charge in [0, 0.05) is 18.2 Å². The molecule has 1 aliphatic carbocycles. The molecule has 0 unspecified atom stereocenters. The smallest absolute Gasteiger partial charge is 0.148 e. The Balaban J connectivity index is 1.75. The molecule has 0 atom stereocenters. The van der Waals surface area contributed by atoms with Crippen LogP contribution in [0.1, 0.15) is 30.7 Å². The van der Waals surface area contributed by atoms with Gasteiger partial charge >= 0.3 is 0 Å². The lowest BCUT2D eigenvalue weighted by atomic mass is 9.66. The molecule has 4 nitrogen and oxygen atoms in total. The maximum atomic E-state index is 14.0. The highest BCUT2D eigenvalue weighted by Crippen LogP contribution is 2.43. The zero-order valence-corrected chi connectivity index (χ0v) is 11.7. The van der Waals surface area contributed by atoms with Crippen LogP contribution >= 0.6 is 0 Å². The fraction of sp³-hybridized carbons (Fsp3) is 0.312. The molecular weight excluding hydrogens is 267 g/mol. The predicted octanol–water partition coefficient (Wildman–Crippen LogP) is 3.19. The van der Waals surface area contributed by atoms with Crippen molar-refractivity contribution in [2.45, 2.75) is 24.7 Å². The maximum Gasteiger partial charge on any atom is 0.148 e. The van der Waals surface area contributed by atoms with Crippen LogP contribution in [0.4, 0.5) is 10.2 Å². The lowest BCUT2D eigenvalue weighted by molar-refractivity contribution is 0.243. The topological polar surface area (TPSA) is 50.7 Å². The monoisotopic (exact) mass is 284 g/mol. The van der Waals surface area contributed by atoms with Gasteiger partial charge < -0.3 is 5.32 Å². The van der Waals surface area contributed by atoms with Crippen LogP contribution in [0.3, 0.4) is 0 Å². The first-order valence-corrected chi connectivity index (χ1v) is 7.05. The number of halogens is 1. The van der Waals surface area contributed by atoms with Crippen molar-refractivity contribution in [1.82, 2.24) is 15.2 Å². The standard InChI is InChI=1S/C16H17FN4/c1-2-12-6-7-14(21-20-12)19-11-16(8-4-9-16)15-13(17)5-3-10-18-15/h2-3,5-7,10H,1,4,8-9,11H2,(H,19,21). The molecule has 2 aromatic heterocycles. The summed E-state index contributed by atoms with van der Waals surface area (Å²) in [6.07, 6.45) is 6.27. The van der Waals surface area contributed by atoms with E-state index in [9.17, 15) is 4.39 Å². The summed E-state index contributed by atoms with van der Waals surface area (Å²) < 4.78 is 14.0. The molecule has 1 fully saturated rings. The molecule has 0 spiro atoms. The van der Waals surface area contributed by atoms with E-state index in [1.165, 1.54) is 6.07 Å². The molecule has 0 aromatic carbocycles. The average Bonchev–Trinajstić information content (AvgIpc) is 2.48. The number of hydrogen-bond donors (Lipinski definition) is 1. The van der Waals surface area contributed by atoms with E-state index >= 15 is 0 Å². The minimum Gasteiger partial charge on any atom is -0.368 e. The molecule has 1 N–H and O–H groups in total. The third-order valence-corrected chi connectivity index (χ3v) is 4.07. The summed E-state index contributed by atoms with van der Waals surface area (Å²) in [6, 6.07) is 6.79. The highest BCUT2D eigenvalue weighted by atomic mass is 19.1. The van der Waals surface area contributed by atoms with Crippen LogP contribution in [0, 0.1) is 5.82 Å². The fourth-order valence-corrected chi connectivity index (χ4v) is 2.68. The second-order valence-electron chi connectivity index (χ2n) is 5.37. The van der Waals surface area contributed by atoms with Gasteiger partial charge in [-0.05, 0) is 43.2 Å². The molecule has 0 radical (unpaired) electrons. The third kappa shape index (κ3) is 2.63. The van der Waals surface area contributed by atoms with Crippen molar-refractivity contribution in [3.8, 4) is 0 Å². The number of pyridine rings is 1. The van der Waals surface area contributed by atoms with Crippen LogP contribution in [0.25, 0.3) is 6.08 Å². The van der Waals surface area contributed by atoms with Crippen LogP contribution < -0.4 is 5.32 Å². The molecule has 5 heteroatoms.